The van der Waals surface area contributed by atoms with E-state index in [9.17, 15) is 5.11 Å². The van der Waals surface area contributed by atoms with Crippen LogP contribution in [0.5, 0.6) is 23.0 Å². The Morgan fingerprint density at radius 3 is 1.62 bits per heavy atom. The molecule has 1 fully saturated rings. The second-order valence-corrected chi connectivity index (χ2v) is 8.40. The number of ether oxygens (including phenoxy) is 4. The second kappa shape index (κ2) is 9.84. The highest BCUT2D eigenvalue weighted by Gasteiger charge is 2.51. The minimum absolute atomic E-state index is 0.135. The van der Waals surface area contributed by atoms with Crippen LogP contribution in [0.25, 0.3) is 0 Å². The number of hydrogen-bond donors (Lipinski definition) is 2. The molecule has 0 aliphatic carbocycles. The van der Waals surface area contributed by atoms with Crippen LogP contribution >= 0.6 is 0 Å². The maximum Gasteiger partial charge on any atom is 0.123 e. The largest absolute Gasteiger partial charge is 0.497 e. The van der Waals surface area contributed by atoms with Crippen LogP contribution in [-0.2, 0) is 0 Å². The Labute approximate surface area is 191 Å². The summed E-state index contributed by atoms with van der Waals surface area (Å²) in [5.74, 6) is 2.67. The molecular formula is C26H35NO5. The summed E-state index contributed by atoms with van der Waals surface area (Å²) < 4.78 is 22.3. The van der Waals surface area contributed by atoms with E-state index in [0.29, 0.717) is 6.42 Å². The molecule has 0 bridgehead atoms. The van der Waals surface area contributed by atoms with Crippen LogP contribution in [-0.4, -0.2) is 39.1 Å². The van der Waals surface area contributed by atoms with Crippen LogP contribution in [0, 0.1) is 11.8 Å². The second-order valence-electron chi connectivity index (χ2n) is 8.40. The van der Waals surface area contributed by atoms with Crippen molar-refractivity contribution in [3.8, 4) is 23.0 Å². The summed E-state index contributed by atoms with van der Waals surface area (Å²) in [5.41, 5.74) is 0.853. The van der Waals surface area contributed by atoms with Gasteiger partial charge in [0, 0.05) is 35.0 Å². The molecule has 32 heavy (non-hydrogen) atoms. The van der Waals surface area contributed by atoms with Crippen molar-refractivity contribution in [1.82, 2.24) is 5.32 Å². The molecule has 0 amide bonds. The molecule has 1 heterocycles. The molecule has 2 aromatic rings. The average molecular weight is 442 g/mol. The highest BCUT2D eigenvalue weighted by atomic mass is 16.5. The zero-order valence-electron chi connectivity index (χ0n) is 19.8. The Balaban J connectivity index is 2.18. The fraction of sp³-hybridized carbons (Fsp3) is 0.462. The van der Waals surface area contributed by atoms with Gasteiger partial charge in [0.15, 0.2) is 0 Å². The zero-order chi connectivity index (χ0) is 23.5. The summed E-state index contributed by atoms with van der Waals surface area (Å²) in [6, 6.07) is 11.1. The number of rotatable bonds is 8. The molecule has 3 rings (SSSR count). The van der Waals surface area contributed by atoms with Gasteiger partial charge in [0.25, 0.3) is 0 Å². The van der Waals surface area contributed by atoms with E-state index in [0.717, 1.165) is 34.1 Å². The molecule has 2 N–H and O–H groups in total. The van der Waals surface area contributed by atoms with E-state index in [-0.39, 0.29) is 23.9 Å². The van der Waals surface area contributed by atoms with E-state index in [4.69, 9.17) is 18.9 Å². The van der Waals surface area contributed by atoms with Gasteiger partial charge in [-0.05, 0) is 42.8 Å². The number of piperidine rings is 1. The highest BCUT2D eigenvalue weighted by Crippen LogP contribution is 2.51. The molecule has 0 saturated carbocycles. The Bertz CT molecular complexity index is 876. The first-order valence-corrected chi connectivity index (χ1v) is 10.9. The highest BCUT2D eigenvalue weighted by molar-refractivity contribution is 5.46. The quantitative estimate of drug-likeness (QED) is 0.580. The van der Waals surface area contributed by atoms with Crippen molar-refractivity contribution < 1.29 is 24.1 Å². The molecule has 1 unspecified atom stereocenters. The lowest BCUT2D eigenvalue weighted by Crippen LogP contribution is -2.57. The van der Waals surface area contributed by atoms with Gasteiger partial charge in [0.2, 0.25) is 0 Å². The van der Waals surface area contributed by atoms with Crippen LogP contribution < -0.4 is 24.3 Å². The maximum atomic E-state index is 12.0. The fourth-order valence-electron chi connectivity index (χ4n) is 4.96. The Morgan fingerprint density at radius 2 is 1.28 bits per heavy atom. The van der Waals surface area contributed by atoms with Gasteiger partial charge in [-0.1, -0.05) is 19.9 Å². The maximum absolute atomic E-state index is 12.0. The van der Waals surface area contributed by atoms with Crippen molar-refractivity contribution in [3.63, 3.8) is 0 Å². The van der Waals surface area contributed by atoms with E-state index in [1.807, 2.05) is 36.4 Å². The molecule has 6 nitrogen and oxygen atoms in total. The smallest absolute Gasteiger partial charge is 0.123 e. The normalized spacial score (nSPS) is 27.5. The van der Waals surface area contributed by atoms with Gasteiger partial charge < -0.3 is 29.4 Å². The standard InChI is InChI=1S/C26H35NO5/c1-8-13-26(28)16(2)24(20-14-18(29-4)9-11-22(20)31-6)27-25(17(26)3)21-15-19(30-5)10-12-23(21)32-7/h8-12,14-17,24-25,27-28H,1,13H2,2-7H3/t16-,17+,24-,25+,26?. The third kappa shape index (κ3) is 4.17. The average Bonchev–Trinajstić information content (AvgIpc) is 2.82. The van der Waals surface area contributed by atoms with Gasteiger partial charge in [0.05, 0.1) is 34.0 Å². The van der Waals surface area contributed by atoms with Crippen molar-refractivity contribution in [2.24, 2.45) is 11.8 Å². The van der Waals surface area contributed by atoms with E-state index in [1.165, 1.54) is 0 Å². The first-order valence-electron chi connectivity index (χ1n) is 10.9. The van der Waals surface area contributed by atoms with Crippen molar-refractivity contribution in [1.29, 1.82) is 0 Å². The van der Waals surface area contributed by atoms with Crippen molar-refractivity contribution in [2.75, 3.05) is 28.4 Å². The predicted molar refractivity (Wildman–Crippen MR) is 126 cm³/mol. The van der Waals surface area contributed by atoms with E-state index < -0.39 is 5.60 Å². The fourth-order valence-corrected chi connectivity index (χ4v) is 4.96. The number of benzene rings is 2. The molecular weight excluding hydrogens is 406 g/mol. The molecule has 1 saturated heterocycles. The summed E-state index contributed by atoms with van der Waals surface area (Å²) in [6.45, 7) is 8.05. The van der Waals surface area contributed by atoms with Crippen LogP contribution in [0.3, 0.4) is 0 Å². The van der Waals surface area contributed by atoms with Gasteiger partial charge in [-0.25, -0.2) is 0 Å². The molecule has 5 atom stereocenters. The summed E-state index contributed by atoms with van der Waals surface area (Å²) in [6.07, 6.45) is 2.25. The minimum Gasteiger partial charge on any atom is -0.497 e. The van der Waals surface area contributed by atoms with Crippen LogP contribution in [0.1, 0.15) is 43.5 Å². The molecule has 1 aliphatic heterocycles. The lowest BCUT2D eigenvalue weighted by Gasteiger charge is -2.52. The number of aliphatic hydroxyl groups is 1. The lowest BCUT2D eigenvalue weighted by atomic mass is 9.64. The SMILES string of the molecule is C=CCC1(O)[C@H](C)[C@H](c2cc(OC)ccc2OC)N[C@H](c2cc(OC)ccc2OC)[C@@H]1C. The van der Waals surface area contributed by atoms with Gasteiger partial charge >= 0.3 is 0 Å². The van der Waals surface area contributed by atoms with Gasteiger partial charge in [-0.15, -0.1) is 6.58 Å². The summed E-state index contributed by atoms with van der Waals surface area (Å²) in [5, 5.41) is 15.8. The van der Waals surface area contributed by atoms with Crippen molar-refractivity contribution >= 4 is 0 Å². The van der Waals surface area contributed by atoms with E-state index in [1.54, 1.807) is 34.5 Å². The third-order valence-electron chi connectivity index (χ3n) is 6.95. The zero-order valence-corrected chi connectivity index (χ0v) is 19.8. The van der Waals surface area contributed by atoms with Crippen molar-refractivity contribution in [2.45, 2.75) is 38.0 Å². The van der Waals surface area contributed by atoms with Crippen LogP contribution in [0.4, 0.5) is 0 Å². The van der Waals surface area contributed by atoms with Crippen LogP contribution in [0.15, 0.2) is 49.1 Å². The van der Waals surface area contributed by atoms with Crippen LogP contribution in [0.2, 0.25) is 0 Å². The van der Waals surface area contributed by atoms with Crippen molar-refractivity contribution in [3.05, 3.63) is 60.2 Å². The molecule has 2 aromatic carbocycles. The Kier molecular flexibility index (Phi) is 7.36. The molecule has 0 spiro atoms. The van der Waals surface area contributed by atoms with Gasteiger partial charge in [-0.2, -0.15) is 0 Å². The molecule has 0 aromatic heterocycles. The lowest BCUT2D eigenvalue weighted by molar-refractivity contribution is -0.108. The number of nitrogens with one attached hydrogen (secondary N) is 1. The first-order chi connectivity index (χ1) is 15.3. The Morgan fingerprint density at radius 1 is 0.844 bits per heavy atom. The summed E-state index contributed by atoms with van der Waals surface area (Å²) in [7, 11) is 6.59. The third-order valence-corrected chi connectivity index (χ3v) is 6.95. The topological polar surface area (TPSA) is 69.2 Å². The molecule has 6 heteroatoms. The van der Waals surface area contributed by atoms with E-state index >= 15 is 0 Å². The molecule has 174 valence electrons. The first kappa shape index (κ1) is 24.0. The summed E-state index contributed by atoms with van der Waals surface area (Å²) >= 11 is 0. The monoisotopic (exact) mass is 441 g/mol. The predicted octanol–water partition coefficient (Wildman–Crippen LogP) is 4.69. The van der Waals surface area contributed by atoms with E-state index in [2.05, 4.69) is 25.7 Å². The number of hydrogen-bond acceptors (Lipinski definition) is 6. The summed E-state index contributed by atoms with van der Waals surface area (Å²) in [4.78, 5) is 0. The number of methoxy groups -OCH3 is 4. The molecule has 0 radical (unpaired) electrons. The molecule has 1 aliphatic rings. The minimum atomic E-state index is -1.01. The Hall–Kier alpha value is -2.70. The van der Waals surface area contributed by atoms with Gasteiger partial charge in [0.1, 0.15) is 23.0 Å². The van der Waals surface area contributed by atoms with Gasteiger partial charge in [-0.3, -0.25) is 0 Å².